The van der Waals surface area contributed by atoms with Gasteiger partial charge in [0.05, 0.1) is 18.2 Å². The summed E-state index contributed by atoms with van der Waals surface area (Å²) in [6, 6.07) is 21.6. The van der Waals surface area contributed by atoms with Crippen LogP contribution >= 0.6 is 0 Å². The molecule has 5 rings (SSSR count). The van der Waals surface area contributed by atoms with Gasteiger partial charge in [-0.3, -0.25) is 9.59 Å². The molecular weight excluding hydrogens is 478 g/mol. The smallest absolute Gasteiger partial charge is 0.295 e. The first-order valence-corrected chi connectivity index (χ1v) is 13.2. The minimum atomic E-state index is -0.757. The fraction of sp³-hybridized carbons (Fsp3) is 0.312. The van der Waals surface area contributed by atoms with Crippen molar-refractivity contribution in [1.29, 1.82) is 0 Å². The number of hydrogen-bond acceptors (Lipinski definition) is 5. The van der Waals surface area contributed by atoms with Gasteiger partial charge in [0.2, 0.25) is 0 Å². The average Bonchev–Trinajstić information content (AvgIpc) is 3.40. The zero-order valence-electron chi connectivity index (χ0n) is 22.0. The molecule has 0 spiro atoms. The normalized spacial score (nSPS) is 20.1. The third kappa shape index (κ3) is 5.17. The van der Waals surface area contributed by atoms with Crippen molar-refractivity contribution in [3.05, 3.63) is 101 Å². The van der Waals surface area contributed by atoms with Crippen molar-refractivity contribution in [3.8, 4) is 11.5 Å². The molecular formula is C32H33NO5. The summed E-state index contributed by atoms with van der Waals surface area (Å²) in [4.78, 5) is 28.4. The van der Waals surface area contributed by atoms with Crippen molar-refractivity contribution in [2.24, 2.45) is 5.92 Å². The first kappa shape index (κ1) is 25.6. The van der Waals surface area contributed by atoms with Crippen LogP contribution in [0.4, 0.5) is 0 Å². The van der Waals surface area contributed by atoms with Crippen molar-refractivity contribution in [2.75, 3.05) is 6.61 Å². The van der Waals surface area contributed by atoms with Gasteiger partial charge in [-0.05, 0) is 66.3 Å². The molecule has 1 amide bonds. The first-order valence-electron chi connectivity index (χ1n) is 13.2. The molecule has 2 heterocycles. The summed E-state index contributed by atoms with van der Waals surface area (Å²) < 4.78 is 11.8. The molecule has 2 aliphatic rings. The number of amides is 1. The van der Waals surface area contributed by atoms with Gasteiger partial charge in [-0.15, -0.1) is 0 Å². The maximum atomic E-state index is 13.5. The second-order valence-electron chi connectivity index (χ2n) is 10.5. The van der Waals surface area contributed by atoms with E-state index in [0.717, 1.165) is 29.7 Å². The summed E-state index contributed by atoms with van der Waals surface area (Å²) in [7, 11) is 0. The molecule has 0 bridgehead atoms. The van der Waals surface area contributed by atoms with Crippen LogP contribution in [0.2, 0.25) is 0 Å². The second-order valence-corrected chi connectivity index (χ2v) is 10.5. The number of likely N-dealkylation sites (tertiary alicyclic amines) is 1. The Morgan fingerprint density at radius 1 is 1.05 bits per heavy atom. The SMILES string of the molecule is CC(C)CCOc1cccc([C@@H]2/C(=C(\O)c3ccc4c(c3)C[C@@H](C)O4)C(=O)C(=O)N2Cc2ccccc2)c1. The quantitative estimate of drug-likeness (QED) is 0.226. The molecule has 0 saturated carbocycles. The Kier molecular flexibility index (Phi) is 7.23. The van der Waals surface area contributed by atoms with E-state index < -0.39 is 17.7 Å². The lowest BCUT2D eigenvalue weighted by Gasteiger charge is -2.26. The van der Waals surface area contributed by atoms with Crippen LogP contribution in [-0.2, 0) is 22.6 Å². The molecule has 1 fully saturated rings. The van der Waals surface area contributed by atoms with Gasteiger partial charge >= 0.3 is 0 Å². The largest absolute Gasteiger partial charge is 0.507 e. The van der Waals surface area contributed by atoms with Crippen LogP contribution in [0.25, 0.3) is 5.76 Å². The molecule has 2 atom stereocenters. The number of ether oxygens (including phenoxy) is 2. The lowest BCUT2D eigenvalue weighted by Crippen LogP contribution is -2.29. The van der Waals surface area contributed by atoms with E-state index in [1.165, 1.54) is 4.90 Å². The number of benzene rings is 3. The number of fused-ring (bicyclic) bond motifs is 1. The fourth-order valence-electron chi connectivity index (χ4n) is 5.08. The molecule has 1 saturated heterocycles. The van der Waals surface area contributed by atoms with E-state index in [9.17, 15) is 14.7 Å². The zero-order chi connectivity index (χ0) is 26.8. The molecule has 0 aromatic heterocycles. The minimum Gasteiger partial charge on any atom is -0.507 e. The van der Waals surface area contributed by atoms with Gasteiger partial charge in [0.25, 0.3) is 11.7 Å². The molecule has 6 nitrogen and oxygen atoms in total. The molecule has 0 radical (unpaired) electrons. The Morgan fingerprint density at radius 2 is 1.84 bits per heavy atom. The number of aliphatic hydroxyl groups excluding tert-OH is 1. The van der Waals surface area contributed by atoms with Gasteiger partial charge in [-0.1, -0.05) is 56.3 Å². The maximum absolute atomic E-state index is 13.5. The Bertz CT molecular complexity index is 1380. The minimum absolute atomic E-state index is 0.0530. The second kappa shape index (κ2) is 10.7. The number of carbonyl (C=O) groups is 2. The van der Waals surface area contributed by atoms with E-state index in [2.05, 4.69) is 13.8 Å². The summed E-state index contributed by atoms with van der Waals surface area (Å²) in [6.45, 7) is 7.08. The van der Waals surface area contributed by atoms with E-state index in [-0.39, 0.29) is 24.0 Å². The Hall–Kier alpha value is -4.06. The summed E-state index contributed by atoms with van der Waals surface area (Å²) in [5.41, 5.74) is 3.15. The van der Waals surface area contributed by atoms with Gasteiger partial charge in [0.1, 0.15) is 23.4 Å². The van der Waals surface area contributed by atoms with Crippen molar-refractivity contribution in [3.63, 3.8) is 0 Å². The van der Waals surface area contributed by atoms with Gasteiger partial charge < -0.3 is 19.5 Å². The van der Waals surface area contributed by atoms with Crippen LogP contribution in [0.5, 0.6) is 11.5 Å². The summed E-state index contributed by atoms with van der Waals surface area (Å²) >= 11 is 0. The number of aliphatic hydroxyl groups is 1. The molecule has 0 aliphatic carbocycles. The van der Waals surface area contributed by atoms with Gasteiger partial charge in [0, 0.05) is 18.5 Å². The van der Waals surface area contributed by atoms with Crippen molar-refractivity contribution >= 4 is 17.4 Å². The highest BCUT2D eigenvalue weighted by Crippen LogP contribution is 2.42. The highest BCUT2D eigenvalue weighted by molar-refractivity contribution is 6.46. The summed E-state index contributed by atoms with van der Waals surface area (Å²) in [5, 5.41) is 11.5. The number of rotatable bonds is 8. The standard InChI is InChI=1S/C32H33NO5/c1-20(2)14-15-37-26-11-7-10-23(18-26)29-28(30(34)24-12-13-27-25(17-24)16-21(3)38-27)31(35)32(36)33(29)19-22-8-5-4-6-9-22/h4-13,17-18,20-21,29,34H,14-16,19H2,1-3H3/b30-28+/t21-,29-/m1/s1. The van der Waals surface area contributed by atoms with Crippen LogP contribution < -0.4 is 9.47 Å². The van der Waals surface area contributed by atoms with E-state index in [1.807, 2.05) is 73.7 Å². The Labute approximate surface area is 223 Å². The van der Waals surface area contributed by atoms with E-state index in [0.29, 0.717) is 29.4 Å². The average molecular weight is 512 g/mol. The molecule has 3 aromatic carbocycles. The monoisotopic (exact) mass is 511 g/mol. The molecule has 38 heavy (non-hydrogen) atoms. The van der Waals surface area contributed by atoms with E-state index in [4.69, 9.17) is 9.47 Å². The molecule has 3 aromatic rings. The lowest BCUT2D eigenvalue weighted by molar-refractivity contribution is -0.140. The van der Waals surface area contributed by atoms with Gasteiger partial charge in [-0.25, -0.2) is 0 Å². The van der Waals surface area contributed by atoms with Crippen LogP contribution in [-0.4, -0.2) is 34.4 Å². The van der Waals surface area contributed by atoms with Crippen LogP contribution in [0.3, 0.4) is 0 Å². The van der Waals surface area contributed by atoms with Crippen molar-refractivity contribution in [2.45, 2.75) is 52.3 Å². The highest BCUT2D eigenvalue weighted by atomic mass is 16.5. The predicted molar refractivity (Wildman–Crippen MR) is 146 cm³/mol. The van der Waals surface area contributed by atoms with Crippen LogP contribution in [0, 0.1) is 5.92 Å². The molecule has 2 aliphatic heterocycles. The van der Waals surface area contributed by atoms with Crippen LogP contribution in [0.1, 0.15) is 55.5 Å². The van der Waals surface area contributed by atoms with E-state index in [1.54, 1.807) is 6.07 Å². The Morgan fingerprint density at radius 3 is 2.61 bits per heavy atom. The summed E-state index contributed by atoms with van der Waals surface area (Å²) in [6.07, 6.45) is 1.69. The van der Waals surface area contributed by atoms with Gasteiger partial charge in [-0.2, -0.15) is 0 Å². The molecule has 1 N–H and O–H groups in total. The Balaban J connectivity index is 1.57. The molecule has 196 valence electrons. The molecule has 6 heteroatoms. The van der Waals surface area contributed by atoms with Crippen molar-refractivity contribution < 1.29 is 24.2 Å². The lowest BCUT2D eigenvalue weighted by atomic mass is 9.94. The summed E-state index contributed by atoms with van der Waals surface area (Å²) in [5.74, 6) is 0.442. The third-order valence-corrected chi connectivity index (χ3v) is 7.04. The maximum Gasteiger partial charge on any atom is 0.295 e. The highest BCUT2D eigenvalue weighted by Gasteiger charge is 2.46. The molecule has 0 unspecified atom stereocenters. The number of hydrogen-bond donors (Lipinski definition) is 1. The van der Waals surface area contributed by atoms with Crippen LogP contribution in [0.15, 0.2) is 78.4 Å². The fourth-order valence-corrected chi connectivity index (χ4v) is 5.08. The third-order valence-electron chi connectivity index (χ3n) is 7.04. The number of ketones is 1. The topological polar surface area (TPSA) is 76.1 Å². The van der Waals surface area contributed by atoms with Crippen molar-refractivity contribution in [1.82, 2.24) is 4.90 Å². The first-order chi connectivity index (χ1) is 18.3. The number of Topliss-reactive ketones (excluding diaryl/α,β-unsaturated/α-hetero) is 1. The number of nitrogens with zero attached hydrogens (tertiary/aromatic N) is 1. The number of carbonyl (C=O) groups excluding carboxylic acids is 2. The van der Waals surface area contributed by atoms with Gasteiger partial charge in [0.15, 0.2) is 0 Å². The zero-order valence-corrected chi connectivity index (χ0v) is 22.0. The predicted octanol–water partition coefficient (Wildman–Crippen LogP) is 6.06. The van der Waals surface area contributed by atoms with E-state index >= 15 is 0 Å².